The Kier molecular flexibility index (Phi) is 4.45. The van der Waals surface area contributed by atoms with E-state index in [1.165, 1.54) is 11.1 Å². The molecule has 0 aliphatic carbocycles. The molecule has 5 heteroatoms. The standard InChI is InChI=1S/C24H22N4O/c1-25-13-15-8-10-16(11-9-15)21-23(19-6-2-3-12-26-19)28-18-7-4-5-17-20(29)14-27-24(21)22(17)18/h2-12,21,23,25,28H,13-14H2,1H3. The van der Waals surface area contributed by atoms with Gasteiger partial charge < -0.3 is 10.6 Å². The molecule has 3 aromatic rings. The molecule has 5 nitrogen and oxygen atoms in total. The first-order chi connectivity index (χ1) is 14.3. The fourth-order valence-corrected chi connectivity index (χ4v) is 4.37. The first-order valence-corrected chi connectivity index (χ1v) is 9.88. The third-order valence-corrected chi connectivity index (χ3v) is 5.68. The van der Waals surface area contributed by atoms with Crippen LogP contribution in [-0.2, 0) is 6.54 Å². The Labute approximate surface area is 169 Å². The van der Waals surface area contributed by atoms with Crippen LogP contribution < -0.4 is 10.6 Å². The molecule has 0 saturated heterocycles. The molecule has 2 atom stereocenters. The van der Waals surface area contributed by atoms with Gasteiger partial charge in [0.15, 0.2) is 5.78 Å². The van der Waals surface area contributed by atoms with E-state index >= 15 is 0 Å². The van der Waals surface area contributed by atoms with Crippen LogP contribution in [0.1, 0.15) is 44.7 Å². The Hall–Kier alpha value is -3.31. The van der Waals surface area contributed by atoms with Crippen LogP contribution in [0.2, 0.25) is 0 Å². The van der Waals surface area contributed by atoms with E-state index in [0.717, 1.165) is 34.8 Å². The van der Waals surface area contributed by atoms with Crippen molar-refractivity contribution in [3.8, 4) is 0 Å². The molecule has 2 aliphatic heterocycles. The average molecular weight is 382 g/mol. The second-order valence-corrected chi connectivity index (χ2v) is 7.48. The van der Waals surface area contributed by atoms with Crippen molar-refractivity contribution in [3.63, 3.8) is 0 Å². The SMILES string of the molecule is CNCc1ccc(C2C3=NCC(=O)c4cccc(c43)NC2c2ccccn2)cc1. The lowest BCUT2D eigenvalue weighted by atomic mass is 9.76. The van der Waals surface area contributed by atoms with Crippen molar-refractivity contribution >= 4 is 17.2 Å². The summed E-state index contributed by atoms with van der Waals surface area (Å²) in [5.41, 5.74) is 7.00. The number of Topliss-reactive ketones (excluding diaryl/α,β-unsaturated/α-hetero) is 1. The summed E-state index contributed by atoms with van der Waals surface area (Å²) >= 11 is 0. The number of aromatic nitrogens is 1. The lowest BCUT2D eigenvalue weighted by Gasteiger charge is -2.38. The van der Waals surface area contributed by atoms with Crippen molar-refractivity contribution in [2.24, 2.45) is 4.99 Å². The number of rotatable bonds is 4. The Morgan fingerprint density at radius 1 is 1.07 bits per heavy atom. The van der Waals surface area contributed by atoms with Crippen LogP contribution >= 0.6 is 0 Å². The Morgan fingerprint density at radius 3 is 2.69 bits per heavy atom. The highest BCUT2D eigenvalue weighted by Crippen LogP contribution is 2.44. The van der Waals surface area contributed by atoms with Gasteiger partial charge in [-0.25, -0.2) is 0 Å². The molecular weight excluding hydrogens is 360 g/mol. The van der Waals surface area contributed by atoms with Crippen LogP contribution in [0.25, 0.3) is 0 Å². The van der Waals surface area contributed by atoms with Gasteiger partial charge in [-0.05, 0) is 36.4 Å². The monoisotopic (exact) mass is 382 g/mol. The van der Waals surface area contributed by atoms with E-state index in [2.05, 4.69) is 39.9 Å². The zero-order valence-electron chi connectivity index (χ0n) is 16.2. The van der Waals surface area contributed by atoms with E-state index in [4.69, 9.17) is 4.99 Å². The predicted molar refractivity (Wildman–Crippen MR) is 115 cm³/mol. The van der Waals surface area contributed by atoms with E-state index in [1.807, 2.05) is 49.6 Å². The largest absolute Gasteiger partial charge is 0.375 e. The molecule has 0 spiro atoms. The molecule has 0 amide bonds. The number of benzene rings is 2. The minimum Gasteiger partial charge on any atom is -0.375 e. The number of nitrogens with one attached hydrogen (secondary N) is 2. The molecule has 0 radical (unpaired) electrons. The van der Waals surface area contributed by atoms with E-state index in [1.54, 1.807) is 0 Å². The number of carbonyl (C=O) groups excluding carboxylic acids is 1. The van der Waals surface area contributed by atoms with E-state index in [-0.39, 0.29) is 24.3 Å². The maximum absolute atomic E-state index is 12.5. The third kappa shape index (κ3) is 3.04. The molecule has 144 valence electrons. The van der Waals surface area contributed by atoms with Gasteiger partial charge in [-0.3, -0.25) is 14.8 Å². The van der Waals surface area contributed by atoms with Gasteiger partial charge in [0.1, 0.15) is 6.54 Å². The van der Waals surface area contributed by atoms with E-state index in [9.17, 15) is 4.79 Å². The van der Waals surface area contributed by atoms with Crippen LogP contribution in [-0.4, -0.2) is 30.1 Å². The molecule has 3 heterocycles. The molecule has 29 heavy (non-hydrogen) atoms. The fraction of sp³-hybridized carbons (Fsp3) is 0.208. The smallest absolute Gasteiger partial charge is 0.184 e. The van der Waals surface area contributed by atoms with Gasteiger partial charge in [-0.15, -0.1) is 0 Å². The number of aliphatic imine (C=N–C) groups is 1. The highest BCUT2D eigenvalue weighted by molar-refractivity contribution is 6.21. The van der Waals surface area contributed by atoms with Gasteiger partial charge in [-0.2, -0.15) is 0 Å². The van der Waals surface area contributed by atoms with Crippen LogP contribution in [0.15, 0.2) is 71.9 Å². The molecule has 5 rings (SSSR count). The first-order valence-electron chi connectivity index (χ1n) is 9.88. The molecule has 0 bridgehead atoms. The normalized spacial score (nSPS) is 19.9. The van der Waals surface area contributed by atoms with Crippen molar-refractivity contribution in [2.45, 2.75) is 18.5 Å². The highest BCUT2D eigenvalue weighted by Gasteiger charge is 2.39. The number of hydrogen-bond donors (Lipinski definition) is 2. The highest BCUT2D eigenvalue weighted by atomic mass is 16.1. The zero-order valence-corrected chi connectivity index (χ0v) is 16.2. The van der Waals surface area contributed by atoms with Crippen LogP contribution in [0.5, 0.6) is 0 Å². The number of ketones is 1. The van der Waals surface area contributed by atoms with E-state index in [0.29, 0.717) is 0 Å². The molecular formula is C24H22N4O. The summed E-state index contributed by atoms with van der Waals surface area (Å²) in [5, 5.41) is 6.84. The average Bonchev–Trinajstić information content (AvgIpc) is 2.77. The minimum atomic E-state index is -0.0546. The number of anilines is 1. The predicted octanol–water partition coefficient (Wildman–Crippen LogP) is 3.74. The number of nitrogens with zero attached hydrogens (tertiary/aromatic N) is 2. The quantitative estimate of drug-likeness (QED) is 0.721. The molecule has 0 fully saturated rings. The Bertz CT molecular complexity index is 1090. The van der Waals surface area contributed by atoms with Gasteiger partial charge in [0.2, 0.25) is 0 Å². The van der Waals surface area contributed by atoms with E-state index < -0.39 is 0 Å². The summed E-state index contributed by atoms with van der Waals surface area (Å²) in [4.78, 5) is 21.9. The fourth-order valence-electron chi connectivity index (χ4n) is 4.37. The summed E-state index contributed by atoms with van der Waals surface area (Å²) in [7, 11) is 1.95. The third-order valence-electron chi connectivity index (χ3n) is 5.68. The Balaban J connectivity index is 1.67. The summed E-state index contributed by atoms with van der Waals surface area (Å²) in [6.07, 6.45) is 1.82. The lowest BCUT2D eigenvalue weighted by Crippen LogP contribution is -2.36. The molecule has 1 aromatic heterocycles. The van der Waals surface area contributed by atoms with Gasteiger partial charge in [0, 0.05) is 29.6 Å². The topological polar surface area (TPSA) is 66.4 Å². The summed E-state index contributed by atoms with van der Waals surface area (Å²) < 4.78 is 0. The van der Waals surface area contributed by atoms with Gasteiger partial charge in [0.25, 0.3) is 0 Å². The molecule has 2 unspecified atom stereocenters. The van der Waals surface area contributed by atoms with Gasteiger partial charge in [-0.1, -0.05) is 42.5 Å². The summed E-state index contributed by atoms with van der Waals surface area (Å²) in [6, 6.07) is 20.4. The molecule has 0 saturated carbocycles. The number of pyridine rings is 1. The summed E-state index contributed by atoms with van der Waals surface area (Å²) in [6.45, 7) is 1.03. The number of hydrogen-bond acceptors (Lipinski definition) is 5. The van der Waals surface area contributed by atoms with Crippen molar-refractivity contribution in [2.75, 3.05) is 18.9 Å². The van der Waals surface area contributed by atoms with Crippen molar-refractivity contribution in [1.29, 1.82) is 0 Å². The minimum absolute atomic E-state index is 0.0183. The van der Waals surface area contributed by atoms with Crippen LogP contribution in [0.3, 0.4) is 0 Å². The maximum Gasteiger partial charge on any atom is 0.184 e. The molecule has 2 aromatic carbocycles. The van der Waals surface area contributed by atoms with Crippen molar-refractivity contribution in [1.82, 2.24) is 10.3 Å². The summed E-state index contributed by atoms with van der Waals surface area (Å²) in [5.74, 6) is 0.0575. The second-order valence-electron chi connectivity index (χ2n) is 7.48. The molecule has 2 N–H and O–H groups in total. The number of carbonyl (C=O) groups is 1. The van der Waals surface area contributed by atoms with Crippen molar-refractivity contribution < 1.29 is 4.79 Å². The van der Waals surface area contributed by atoms with Crippen LogP contribution in [0, 0.1) is 0 Å². The zero-order chi connectivity index (χ0) is 19.8. The molecule has 2 aliphatic rings. The Morgan fingerprint density at radius 2 is 1.93 bits per heavy atom. The first kappa shape index (κ1) is 17.8. The maximum atomic E-state index is 12.5. The van der Waals surface area contributed by atoms with Crippen molar-refractivity contribution in [3.05, 3.63) is 94.8 Å². The lowest BCUT2D eigenvalue weighted by molar-refractivity contribution is 0.1000. The van der Waals surface area contributed by atoms with Gasteiger partial charge in [0.05, 0.1) is 23.4 Å². The second kappa shape index (κ2) is 7.26. The van der Waals surface area contributed by atoms with Gasteiger partial charge >= 0.3 is 0 Å². The van der Waals surface area contributed by atoms with Crippen LogP contribution in [0.4, 0.5) is 5.69 Å².